The molecule has 7 nitrogen and oxygen atoms in total. The van der Waals surface area contributed by atoms with E-state index in [4.69, 9.17) is 9.47 Å². The van der Waals surface area contributed by atoms with Gasteiger partial charge in [0.05, 0.1) is 11.9 Å². The third-order valence-electron chi connectivity index (χ3n) is 4.85. The summed E-state index contributed by atoms with van der Waals surface area (Å²) < 4.78 is 12.6. The molecule has 0 aliphatic carbocycles. The van der Waals surface area contributed by atoms with Crippen LogP contribution >= 0.6 is 0 Å². The van der Waals surface area contributed by atoms with Crippen LogP contribution in [0.1, 0.15) is 59.2 Å². The summed E-state index contributed by atoms with van der Waals surface area (Å²) in [6.45, 7) is 12.9. The topological polar surface area (TPSA) is 81.0 Å². The van der Waals surface area contributed by atoms with Gasteiger partial charge in [-0.15, -0.1) is 0 Å². The molecule has 0 saturated heterocycles. The Balaban J connectivity index is 1.88. The standard InChI is InChI=1S/C23H32N2O5/c1-22(2,3)29-20(27)10-12-24-11-9-17-16-8-7-15(26)13-18(16)25(19(17)14-24)21(28)30-23(4,5)6/h7-8,13,26H,9-12,14H2,1-6H3. The Labute approximate surface area is 177 Å². The number of aromatic hydroxyl groups is 1. The molecular formula is C23H32N2O5. The summed E-state index contributed by atoms with van der Waals surface area (Å²) in [4.78, 5) is 27.3. The fourth-order valence-corrected chi connectivity index (χ4v) is 3.75. The summed E-state index contributed by atoms with van der Waals surface area (Å²) in [6.07, 6.45) is 0.578. The highest BCUT2D eigenvalue weighted by molar-refractivity contribution is 5.94. The Hall–Kier alpha value is -2.54. The number of ether oxygens (including phenoxy) is 2. The van der Waals surface area contributed by atoms with Crippen molar-refractivity contribution in [1.29, 1.82) is 0 Å². The summed E-state index contributed by atoms with van der Waals surface area (Å²) in [7, 11) is 0. The normalized spacial score (nSPS) is 15.1. The van der Waals surface area contributed by atoms with Crippen LogP contribution in [0.15, 0.2) is 18.2 Å². The summed E-state index contributed by atoms with van der Waals surface area (Å²) in [5, 5.41) is 10.9. The second-order valence-corrected chi connectivity index (χ2v) is 9.81. The number of aromatic nitrogens is 1. The summed E-state index contributed by atoms with van der Waals surface area (Å²) >= 11 is 0. The lowest BCUT2D eigenvalue weighted by Gasteiger charge is -2.29. The van der Waals surface area contributed by atoms with Crippen LogP contribution in [0.5, 0.6) is 5.75 Å². The summed E-state index contributed by atoms with van der Waals surface area (Å²) in [5.74, 6) is -0.130. The molecule has 3 rings (SSSR count). The van der Waals surface area contributed by atoms with Crippen LogP contribution in [0.4, 0.5) is 4.79 Å². The molecule has 1 aliphatic rings. The predicted molar refractivity (Wildman–Crippen MR) is 115 cm³/mol. The van der Waals surface area contributed by atoms with E-state index in [2.05, 4.69) is 4.90 Å². The van der Waals surface area contributed by atoms with E-state index in [9.17, 15) is 14.7 Å². The van der Waals surface area contributed by atoms with Gasteiger partial charge in [0.15, 0.2) is 0 Å². The molecule has 0 bridgehead atoms. The van der Waals surface area contributed by atoms with E-state index < -0.39 is 17.3 Å². The van der Waals surface area contributed by atoms with E-state index in [-0.39, 0.29) is 11.7 Å². The van der Waals surface area contributed by atoms with E-state index in [1.807, 2.05) is 47.6 Å². The predicted octanol–water partition coefficient (Wildman–Crippen LogP) is 4.22. The van der Waals surface area contributed by atoms with Gasteiger partial charge in [0.1, 0.15) is 17.0 Å². The lowest BCUT2D eigenvalue weighted by molar-refractivity contribution is -0.155. The van der Waals surface area contributed by atoms with Crippen molar-refractivity contribution in [3.8, 4) is 5.75 Å². The summed E-state index contributed by atoms with van der Waals surface area (Å²) in [6, 6.07) is 5.08. The van der Waals surface area contributed by atoms with Crippen molar-refractivity contribution in [2.45, 2.75) is 72.1 Å². The maximum absolute atomic E-state index is 13.0. The first kappa shape index (κ1) is 22.2. The van der Waals surface area contributed by atoms with Gasteiger partial charge in [-0.3, -0.25) is 9.69 Å². The molecule has 0 fully saturated rings. The van der Waals surface area contributed by atoms with Gasteiger partial charge in [0.25, 0.3) is 0 Å². The maximum Gasteiger partial charge on any atom is 0.419 e. The SMILES string of the molecule is CC(C)(C)OC(=O)CCN1CCc2c(n(C(=O)OC(C)(C)C)c3cc(O)ccc23)C1. The van der Waals surface area contributed by atoms with Crippen LogP contribution in [0.2, 0.25) is 0 Å². The number of nitrogens with zero attached hydrogens (tertiary/aromatic N) is 2. The van der Waals surface area contributed by atoms with Crippen molar-refractivity contribution in [2.75, 3.05) is 13.1 Å². The lowest BCUT2D eigenvalue weighted by Crippen LogP contribution is -2.36. The first-order valence-corrected chi connectivity index (χ1v) is 10.4. The van der Waals surface area contributed by atoms with E-state index >= 15 is 0 Å². The lowest BCUT2D eigenvalue weighted by atomic mass is 10.0. The van der Waals surface area contributed by atoms with Gasteiger partial charge in [-0.1, -0.05) is 0 Å². The molecule has 2 heterocycles. The van der Waals surface area contributed by atoms with Crippen molar-refractivity contribution in [2.24, 2.45) is 0 Å². The average Bonchev–Trinajstić information content (AvgIpc) is 2.89. The van der Waals surface area contributed by atoms with Gasteiger partial charge in [0, 0.05) is 36.8 Å². The summed E-state index contributed by atoms with van der Waals surface area (Å²) in [5.41, 5.74) is 1.44. The molecule has 1 N–H and O–H groups in total. The number of rotatable bonds is 3. The van der Waals surface area contributed by atoms with Crippen LogP contribution in [0, 0.1) is 0 Å². The van der Waals surface area contributed by atoms with Gasteiger partial charge in [-0.2, -0.15) is 0 Å². The molecule has 0 spiro atoms. The van der Waals surface area contributed by atoms with Crippen LogP contribution < -0.4 is 0 Å². The first-order valence-electron chi connectivity index (χ1n) is 10.4. The fraction of sp³-hybridized carbons (Fsp3) is 0.565. The Morgan fingerprint density at radius 3 is 2.37 bits per heavy atom. The van der Waals surface area contributed by atoms with Crippen molar-refractivity contribution >= 4 is 23.0 Å². The number of phenolic OH excluding ortho intramolecular Hbond substituents is 1. The van der Waals surface area contributed by atoms with Gasteiger partial charge in [-0.05, 0) is 65.7 Å². The van der Waals surface area contributed by atoms with E-state index in [0.29, 0.717) is 25.0 Å². The average molecular weight is 417 g/mol. The van der Waals surface area contributed by atoms with Crippen LogP contribution in [0.25, 0.3) is 10.9 Å². The zero-order valence-corrected chi connectivity index (χ0v) is 18.7. The molecule has 7 heteroatoms. The van der Waals surface area contributed by atoms with Gasteiger partial charge in [0.2, 0.25) is 0 Å². The molecule has 1 aromatic carbocycles. The van der Waals surface area contributed by atoms with E-state index in [0.717, 1.165) is 29.6 Å². The second kappa shape index (κ2) is 7.95. The number of fused-ring (bicyclic) bond motifs is 3. The van der Waals surface area contributed by atoms with Gasteiger partial charge < -0.3 is 14.6 Å². The molecule has 0 amide bonds. The number of hydrogen-bond donors (Lipinski definition) is 1. The highest BCUT2D eigenvalue weighted by Crippen LogP contribution is 2.33. The number of esters is 1. The molecule has 0 saturated carbocycles. The van der Waals surface area contributed by atoms with Crippen LogP contribution in [-0.2, 0) is 27.2 Å². The minimum Gasteiger partial charge on any atom is -0.508 e. The number of phenols is 1. The minimum atomic E-state index is -0.636. The largest absolute Gasteiger partial charge is 0.508 e. The van der Waals surface area contributed by atoms with Crippen molar-refractivity contribution in [3.05, 3.63) is 29.5 Å². The molecule has 2 aromatic rings. The van der Waals surface area contributed by atoms with Crippen molar-refractivity contribution < 1.29 is 24.2 Å². The first-order chi connectivity index (χ1) is 13.8. The Morgan fingerprint density at radius 1 is 1.07 bits per heavy atom. The van der Waals surface area contributed by atoms with Gasteiger partial charge >= 0.3 is 12.1 Å². The zero-order chi connectivity index (χ0) is 22.3. The van der Waals surface area contributed by atoms with Crippen molar-refractivity contribution in [3.63, 3.8) is 0 Å². The molecule has 0 atom stereocenters. The van der Waals surface area contributed by atoms with E-state index in [1.165, 1.54) is 0 Å². The molecule has 1 aromatic heterocycles. The number of carbonyl (C=O) groups excluding carboxylic acids is 2. The Bertz CT molecular complexity index is 963. The molecule has 0 radical (unpaired) electrons. The van der Waals surface area contributed by atoms with Crippen molar-refractivity contribution in [1.82, 2.24) is 9.47 Å². The monoisotopic (exact) mass is 416 g/mol. The van der Waals surface area contributed by atoms with E-state index in [1.54, 1.807) is 16.7 Å². The molecule has 30 heavy (non-hydrogen) atoms. The number of benzene rings is 1. The third-order valence-corrected chi connectivity index (χ3v) is 4.85. The Morgan fingerprint density at radius 2 is 1.73 bits per heavy atom. The zero-order valence-electron chi connectivity index (χ0n) is 18.7. The highest BCUT2D eigenvalue weighted by Gasteiger charge is 2.29. The molecule has 0 unspecified atom stereocenters. The second-order valence-electron chi connectivity index (χ2n) is 9.81. The molecule has 164 valence electrons. The minimum absolute atomic E-state index is 0.101. The van der Waals surface area contributed by atoms with Gasteiger partial charge in [-0.25, -0.2) is 9.36 Å². The molecular weight excluding hydrogens is 384 g/mol. The quantitative estimate of drug-likeness (QED) is 0.755. The number of hydrogen-bond acceptors (Lipinski definition) is 6. The van der Waals surface area contributed by atoms with Crippen LogP contribution in [-0.4, -0.2) is 50.9 Å². The fourth-order valence-electron chi connectivity index (χ4n) is 3.75. The molecule has 1 aliphatic heterocycles. The van der Waals surface area contributed by atoms with Crippen LogP contribution in [0.3, 0.4) is 0 Å². The Kier molecular flexibility index (Phi) is 5.87. The smallest absolute Gasteiger partial charge is 0.419 e. The maximum atomic E-state index is 13.0. The third kappa shape index (κ3) is 5.14. The highest BCUT2D eigenvalue weighted by atomic mass is 16.6. The number of carbonyl (C=O) groups is 2.